The van der Waals surface area contributed by atoms with Crippen LogP contribution in [0, 0.1) is 13.8 Å². The SMILES string of the molecule is Cc1nc(C)c(Cl)c(-c2nc3cnc(Nc4ccc(OCCN(C)C)cc4)nc3n(C)c2=O)c1Cl. The Bertz CT molecular complexity index is 1430. The van der Waals surface area contributed by atoms with E-state index in [0.29, 0.717) is 40.7 Å². The number of fused-ring (bicyclic) bond motifs is 1. The summed E-state index contributed by atoms with van der Waals surface area (Å²) in [4.78, 5) is 32.9. The van der Waals surface area contributed by atoms with Gasteiger partial charge in [0.1, 0.15) is 23.6 Å². The van der Waals surface area contributed by atoms with Crippen molar-refractivity contribution in [1.29, 1.82) is 0 Å². The minimum Gasteiger partial charge on any atom is -0.492 e. The average Bonchev–Trinajstić information content (AvgIpc) is 2.82. The molecule has 3 aromatic heterocycles. The van der Waals surface area contributed by atoms with E-state index < -0.39 is 0 Å². The monoisotopic (exact) mass is 513 g/mol. The molecule has 0 fully saturated rings. The highest BCUT2D eigenvalue weighted by atomic mass is 35.5. The summed E-state index contributed by atoms with van der Waals surface area (Å²) in [5.41, 5.74) is 2.81. The smallest absolute Gasteiger partial charge is 0.278 e. The number of likely N-dealkylation sites (N-methyl/N-ethyl adjacent to an activating group) is 1. The topological polar surface area (TPSA) is 98.1 Å². The Kier molecular flexibility index (Phi) is 7.20. The molecule has 0 aliphatic heterocycles. The number of aromatic nitrogens is 5. The van der Waals surface area contributed by atoms with Crippen LogP contribution in [0.15, 0.2) is 35.3 Å². The van der Waals surface area contributed by atoms with Gasteiger partial charge in [-0.05, 0) is 52.2 Å². The molecule has 0 aliphatic carbocycles. The summed E-state index contributed by atoms with van der Waals surface area (Å²) in [5, 5.41) is 3.72. The number of halogens is 2. The van der Waals surface area contributed by atoms with Crippen LogP contribution >= 0.6 is 23.2 Å². The van der Waals surface area contributed by atoms with E-state index >= 15 is 0 Å². The van der Waals surface area contributed by atoms with Crippen LogP contribution in [0.2, 0.25) is 10.0 Å². The molecule has 0 atom stereocenters. The summed E-state index contributed by atoms with van der Waals surface area (Å²) >= 11 is 12.9. The van der Waals surface area contributed by atoms with E-state index in [1.807, 2.05) is 38.4 Å². The molecule has 1 N–H and O–H groups in total. The molecule has 11 heteroatoms. The lowest BCUT2D eigenvalue weighted by Gasteiger charge is -2.13. The lowest BCUT2D eigenvalue weighted by atomic mass is 10.1. The van der Waals surface area contributed by atoms with Crippen molar-refractivity contribution < 1.29 is 4.74 Å². The third-order valence-corrected chi connectivity index (χ3v) is 6.30. The molecule has 0 aliphatic rings. The molecule has 9 nitrogen and oxygen atoms in total. The van der Waals surface area contributed by atoms with E-state index in [1.165, 1.54) is 4.57 Å². The molecule has 35 heavy (non-hydrogen) atoms. The number of hydrogen-bond acceptors (Lipinski definition) is 8. The number of hydrogen-bond donors (Lipinski definition) is 1. The molecular formula is C24H25Cl2N7O2. The molecular weight excluding hydrogens is 489 g/mol. The van der Waals surface area contributed by atoms with Gasteiger partial charge in [-0.2, -0.15) is 4.98 Å². The first kappa shape index (κ1) is 24.8. The predicted molar refractivity (Wildman–Crippen MR) is 139 cm³/mol. The van der Waals surface area contributed by atoms with E-state index in [1.54, 1.807) is 27.1 Å². The Morgan fingerprint density at radius 3 is 2.31 bits per heavy atom. The molecule has 0 saturated heterocycles. The average molecular weight is 514 g/mol. The number of ether oxygens (including phenoxy) is 1. The fourth-order valence-corrected chi connectivity index (χ4v) is 3.96. The van der Waals surface area contributed by atoms with Crippen molar-refractivity contribution >= 4 is 46.0 Å². The Morgan fingerprint density at radius 2 is 1.69 bits per heavy atom. The van der Waals surface area contributed by atoms with E-state index in [4.69, 9.17) is 27.9 Å². The second-order valence-corrected chi connectivity index (χ2v) is 9.07. The first-order valence-electron chi connectivity index (χ1n) is 10.9. The number of nitrogens with one attached hydrogen (secondary N) is 1. The molecule has 1 aromatic carbocycles. The normalized spacial score (nSPS) is 11.3. The second-order valence-electron chi connectivity index (χ2n) is 8.31. The maximum Gasteiger partial charge on any atom is 0.278 e. The van der Waals surface area contributed by atoms with Gasteiger partial charge in [0.05, 0.1) is 27.6 Å². The van der Waals surface area contributed by atoms with Crippen molar-refractivity contribution in [2.24, 2.45) is 7.05 Å². The molecule has 0 unspecified atom stereocenters. The van der Waals surface area contributed by atoms with E-state index in [0.717, 1.165) is 18.0 Å². The fourth-order valence-electron chi connectivity index (χ4n) is 3.46. The summed E-state index contributed by atoms with van der Waals surface area (Å²) in [5.74, 6) is 1.10. The molecule has 0 spiro atoms. The quantitative estimate of drug-likeness (QED) is 0.388. The Hall–Kier alpha value is -3.27. The van der Waals surface area contributed by atoms with Gasteiger partial charge < -0.3 is 15.0 Å². The number of pyridine rings is 1. The summed E-state index contributed by atoms with van der Waals surface area (Å²) < 4.78 is 7.12. The van der Waals surface area contributed by atoms with E-state index in [2.05, 4.69) is 30.2 Å². The molecule has 3 heterocycles. The van der Waals surface area contributed by atoms with Crippen molar-refractivity contribution in [3.8, 4) is 17.0 Å². The minimum absolute atomic E-state index is 0.123. The summed E-state index contributed by atoms with van der Waals surface area (Å²) in [6, 6.07) is 7.48. The van der Waals surface area contributed by atoms with Gasteiger partial charge in [0.25, 0.3) is 5.56 Å². The van der Waals surface area contributed by atoms with Crippen LogP contribution in [0.1, 0.15) is 11.4 Å². The predicted octanol–water partition coefficient (Wildman–Crippen LogP) is 4.39. The molecule has 0 amide bonds. The maximum atomic E-state index is 13.2. The van der Waals surface area contributed by atoms with Crippen LogP contribution in [0.25, 0.3) is 22.4 Å². The van der Waals surface area contributed by atoms with Crippen molar-refractivity contribution in [3.05, 3.63) is 62.2 Å². The van der Waals surface area contributed by atoms with Crippen LogP contribution in [0.5, 0.6) is 5.75 Å². The van der Waals surface area contributed by atoms with Gasteiger partial charge in [-0.25, -0.2) is 9.97 Å². The van der Waals surface area contributed by atoms with Crippen LogP contribution < -0.4 is 15.6 Å². The number of nitrogens with zero attached hydrogens (tertiary/aromatic N) is 6. The van der Waals surface area contributed by atoms with Crippen molar-refractivity contribution in [2.45, 2.75) is 13.8 Å². The minimum atomic E-state index is -0.379. The molecule has 0 saturated carbocycles. The molecule has 182 valence electrons. The first-order valence-corrected chi connectivity index (χ1v) is 11.6. The summed E-state index contributed by atoms with van der Waals surface area (Å²) in [6.07, 6.45) is 1.55. The summed E-state index contributed by atoms with van der Waals surface area (Å²) in [6.45, 7) is 4.94. The molecule has 4 aromatic rings. The van der Waals surface area contributed by atoms with Crippen LogP contribution in [-0.4, -0.2) is 56.6 Å². The third-order valence-electron chi connectivity index (χ3n) is 5.37. The van der Waals surface area contributed by atoms with Crippen molar-refractivity contribution in [2.75, 3.05) is 32.6 Å². The fraction of sp³-hybridized carbons (Fsp3) is 0.292. The van der Waals surface area contributed by atoms with Gasteiger partial charge in [0.2, 0.25) is 5.95 Å². The standard InChI is InChI=1S/C24H25Cl2N7O2/c1-13-19(25)18(20(26)14(2)28-13)21-23(34)33(5)22-17(30-21)12-27-24(31-22)29-15-6-8-16(9-7-15)35-11-10-32(3)4/h6-9,12H,10-11H2,1-5H3,(H,27,29,31). The number of anilines is 2. The van der Waals surface area contributed by atoms with Gasteiger partial charge >= 0.3 is 0 Å². The highest BCUT2D eigenvalue weighted by molar-refractivity contribution is 6.39. The van der Waals surface area contributed by atoms with E-state index in [9.17, 15) is 4.79 Å². The summed E-state index contributed by atoms with van der Waals surface area (Å²) in [7, 11) is 5.62. The van der Waals surface area contributed by atoms with Gasteiger partial charge in [0, 0.05) is 24.8 Å². The van der Waals surface area contributed by atoms with Gasteiger partial charge in [-0.15, -0.1) is 0 Å². The zero-order valence-electron chi connectivity index (χ0n) is 20.1. The number of aryl methyl sites for hydroxylation is 3. The molecule has 0 bridgehead atoms. The van der Waals surface area contributed by atoms with Crippen LogP contribution in [0.3, 0.4) is 0 Å². The number of rotatable bonds is 7. The first-order chi connectivity index (χ1) is 16.7. The highest BCUT2D eigenvalue weighted by Gasteiger charge is 2.21. The molecule has 0 radical (unpaired) electrons. The van der Waals surface area contributed by atoms with Gasteiger partial charge in [-0.3, -0.25) is 14.3 Å². The third kappa shape index (κ3) is 5.22. The molecule has 4 rings (SSSR count). The van der Waals surface area contributed by atoms with Gasteiger partial charge in [0.15, 0.2) is 5.65 Å². The van der Waals surface area contributed by atoms with Crippen molar-refractivity contribution in [1.82, 2.24) is 29.4 Å². The Labute approximate surface area is 212 Å². The second kappa shape index (κ2) is 10.2. The van der Waals surface area contributed by atoms with Gasteiger partial charge in [-0.1, -0.05) is 23.2 Å². The largest absolute Gasteiger partial charge is 0.492 e. The maximum absolute atomic E-state index is 13.2. The highest BCUT2D eigenvalue weighted by Crippen LogP contribution is 2.35. The van der Waals surface area contributed by atoms with Crippen molar-refractivity contribution in [3.63, 3.8) is 0 Å². The zero-order valence-corrected chi connectivity index (χ0v) is 21.6. The number of benzene rings is 1. The Morgan fingerprint density at radius 1 is 1.03 bits per heavy atom. The van der Waals surface area contributed by atoms with Crippen LogP contribution in [-0.2, 0) is 7.05 Å². The Balaban J connectivity index is 1.64. The zero-order chi connectivity index (χ0) is 25.3. The lowest BCUT2D eigenvalue weighted by Crippen LogP contribution is -2.22. The lowest BCUT2D eigenvalue weighted by molar-refractivity contribution is 0.261. The van der Waals surface area contributed by atoms with Crippen LogP contribution in [0.4, 0.5) is 11.6 Å². The van der Waals surface area contributed by atoms with E-state index in [-0.39, 0.29) is 21.3 Å².